The third-order valence-corrected chi connectivity index (χ3v) is 4.86. The number of benzene rings is 2. The van der Waals surface area contributed by atoms with Crippen LogP contribution in [-0.2, 0) is 11.2 Å². The zero-order chi connectivity index (χ0) is 21.4. The van der Waals surface area contributed by atoms with Crippen molar-refractivity contribution in [1.29, 1.82) is 0 Å². The number of hydrazone groups is 1. The first-order valence-corrected chi connectivity index (χ1v) is 9.38. The van der Waals surface area contributed by atoms with Crippen LogP contribution in [0.2, 0.25) is 0 Å². The van der Waals surface area contributed by atoms with Gasteiger partial charge in [-0.15, -0.1) is 0 Å². The van der Waals surface area contributed by atoms with Gasteiger partial charge >= 0.3 is 5.97 Å². The topological polar surface area (TPSA) is 157 Å². The minimum atomic E-state index is -0.912. The van der Waals surface area contributed by atoms with Gasteiger partial charge in [0.2, 0.25) is 5.91 Å². The second-order valence-corrected chi connectivity index (χ2v) is 6.85. The molecule has 0 heterocycles. The Labute approximate surface area is 169 Å². The molecule has 29 heavy (non-hydrogen) atoms. The molecule has 1 amide bonds. The van der Waals surface area contributed by atoms with Crippen molar-refractivity contribution in [3.05, 3.63) is 59.7 Å². The molecule has 2 atom stereocenters. The maximum Gasteiger partial charge on any atom is 0.307 e. The van der Waals surface area contributed by atoms with E-state index in [1.807, 2.05) is 43.3 Å². The van der Waals surface area contributed by atoms with Crippen molar-refractivity contribution in [2.75, 3.05) is 0 Å². The number of carboxylic acids is 1. The van der Waals surface area contributed by atoms with Gasteiger partial charge in [0.1, 0.15) is 5.84 Å². The Bertz CT molecular complexity index is 880. The molecule has 0 unspecified atom stereocenters. The highest BCUT2D eigenvalue weighted by atomic mass is 16.4. The molecule has 8 N–H and O–H groups in total. The van der Waals surface area contributed by atoms with E-state index in [1.165, 1.54) is 0 Å². The van der Waals surface area contributed by atoms with E-state index >= 15 is 0 Å². The monoisotopic (exact) mass is 397 g/mol. The Morgan fingerprint density at radius 3 is 2.31 bits per heavy atom. The van der Waals surface area contributed by atoms with Crippen LogP contribution in [0.3, 0.4) is 0 Å². The Balaban J connectivity index is 2.34. The first-order chi connectivity index (χ1) is 13.9. The summed E-state index contributed by atoms with van der Waals surface area (Å²) in [4.78, 5) is 23.1. The third kappa shape index (κ3) is 5.79. The van der Waals surface area contributed by atoms with Gasteiger partial charge in [0.25, 0.3) is 0 Å². The van der Waals surface area contributed by atoms with Crippen LogP contribution in [0.5, 0.6) is 0 Å². The number of hydrazine groups is 1. The normalized spacial score (nSPS) is 13.5. The number of rotatable bonds is 10. The van der Waals surface area contributed by atoms with Gasteiger partial charge in [0, 0.05) is 11.5 Å². The van der Waals surface area contributed by atoms with E-state index in [1.54, 1.807) is 12.1 Å². The molecule has 154 valence electrons. The molecule has 0 saturated heterocycles. The summed E-state index contributed by atoms with van der Waals surface area (Å²) in [5.41, 5.74) is 16.7. The average molecular weight is 397 g/mol. The number of nitrogens with one attached hydrogen (secondary N) is 1. The molecule has 0 aliphatic heterocycles. The lowest BCUT2D eigenvalue weighted by atomic mass is 9.82. The second-order valence-electron chi connectivity index (χ2n) is 6.85. The molecule has 0 aliphatic rings. The van der Waals surface area contributed by atoms with E-state index in [4.69, 9.17) is 17.3 Å². The average Bonchev–Trinajstić information content (AvgIpc) is 2.71. The first kappa shape index (κ1) is 21.9. The van der Waals surface area contributed by atoms with E-state index in [2.05, 4.69) is 10.6 Å². The molecule has 0 aromatic heterocycles. The van der Waals surface area contributed by atoms with Gasteiger partial charge in [-0.1, -0.05) is 49.7 Å². The number of primary amides is 1. The quantitative estimate of drug-likeness (QED) is 0.178. The molecule has 2 aromatic carbocycles. The fraction of sp³-hybridized carbons (Fsp3) is 0.286. The second kappa shape index (κ2) is 10.2. The molecule has 0 bridgehead atoms. The molecule has 0 saturated carbocycles. The Morgan fingerprint density at radius 1 is 1.07 bits per heavy atom. The number of nitrogens with zero attached hydrogens (tertiary/aromatic N) is 1. The van der Waals surface area contributed by atoms with Gasteiger partial charge in [-0.3, -0.25) is 9.59 Å². The number of nitrogens with two attached hydrogens (primary N) is 3. The molecule has 8 nitrogen and oxygen atoms in total. The fourth-order valence-electron chi connectivity index (χ4n) is 3.38. The SMILES string of the molecule is CCC[C@H](C(=O)O)[C@H](Cc1cccc(-c2ccc(C(N)=O)cc2)c1)/C(N)=N/NN. The van der Waals surface area contributed by atoms with Gasteiger partial charge < -0.3 is 16.6 Å². The van der Waals surface area contributed by atoms with Gasteiger partial charge in [0.05, 0.1) is 5.92 Å². The zero-order valence-electron chi connectivity index (χ0n) is 16.3. The van der Waals surface area contributed by atoms with Crippen LogP contribution in [0.1, 0.15) is 35.7 Å². The largest absolute Gasteiger partial charge is 0.481 e. The number of carboxylic acid groups (broad SMARTS) is 1. The van der Waals surface area contributed by atoms with Gasteiger partial charge in [-0.25, -0.2) is 11.4 Å². The van der Waals surface area contributed by atoms with Crippen molar-refractivity contribution in [3.63, 3.8) is 0 Å². The summed E-state index contributed by atoms with van der Waals surface area (Å²) in [5, 5.41) is 13.5. The molecular formula is C21H27N5O3. The predicted octanol–water partition coefficient (Wildman–Crippen LogP) is 1.85. The van der Waals surface area contributed by atoms with Crippen molar-refractivity contribution in [2.45, 2.75) is 26.2 Å². The van der Waals surface area contributed by atoms with E-state index in [9.17, 15) is 14.7 Å². The lowest BCUT2D eigenvalue weighted by Crippen LogP contribution is -2.38. The number of carbonyl (C=O) groups is 2. The number of hydrogen-bond donors (Lipinski definition) is 5. The van der Waals surface area contributed by atoms with Crippen LogP contribution >= 0.6 is 0 Å². The highest BCUT2D eigenvalue weighted by Gasteiger charge is 2.30. The summed E-state index contributed by atoms with van der Waals surface area (Å²) in [6.07, 6.45) is 1.60. The summed E-state index contributed by atoms with van der Waals surface area (Å²) in [6, 6.07) is 14.7. The van der Waals surface area contributed by atoms with Crippen molar-refractivity contribution >= 4 is 17.7 Å². The number of hydrogen-bond acceptors (Lipinski definition) is 5. The number of carbonyl (C=O) groups excluding carboxylic acids is 1. The lowest BCUT2D eigenvalue weighted by molar-refractivity contribution is -0.143. The smallest absolute Gasteiger partial charge is 0.307 e. The van der Waals surface area contributed by atoms with Gasteiger partial charge in [0.15, 0.2) is 0 Å². The van der Waals surface area contributed by atoms with Crippen LogP contribution in [0.4, 0.5) is 0 Å². The Morgan fingerprint density at radius 2 is 1.76 bits per heavy atom. The van der Waals surface area contributed by atoms with E-state index in [-0.39, 0.29) is 5.84 Å². The molecule has 0 spiro atoms. The minimum Gasteiger partial charge on any atom is -0.481 e. The molecule has 8 heteroatoms. The molecule has 0 aliphatic carbocycles. The Hall–Kier alpha value is -3.39. The highest BCUT2D eigenvalue weighted by molar-refractivity contribution is 5.93. The van der Waals surface area contributed by atoms with E-state index < -0.39 is 23.7 Å². The van der Waals surface area contributed by atoms with Crippen LogP contribution in [0, 0.1) is 11.8 Å². The summed E-state index contributed by atoms with van der Waals surface area (Å²) in [5.74, 6) is 2.84. The summed E-state index contributed by atoms with van der Waals surface area (Å²) < 4.78 is 0. The number of amides is 1. The number of amidine groups is 1. The zero-order valence-corrected chi connectivity index (χ0v) is 16.3. The molecule has 2 aromatic rings. The summed E-state index contributed by atoms with van der Waals surface area (Å²) in [6.45, 7) is 1.93. The highest BCUT2D eigenvalue weighted by Crippen LogP contribution is 2.26. The maximum atomic E-state index is 11.8. The van der Waals surface area contributed by atoms with Crippen LogP contribution in [-0.4, -0.2) is 22.8 Å². The minimum absolute atomic E-state index is 0.157. The van der Waals surface area contributed by atoms with Crippen LogP contribution in [0.15, 0.2) is 53.6 Å². The maximum absolute atomic E-state index is 11.8. The van der Waals surface area contributed by atoms with Crippen molar-refractivity contribution in [1.82, 2.24) is 5.53 Å². The first-order valence-electron chi connectivity index (χ1n) is 9.38. The third-order valence-electron chi connectivity index (χ3n) is 4.86. The molecule has 0 fully saturated rings. The predicted molar refractivity (Wildman–Crippen MR) is 113 cm³/mol. The Kier molecular flexibility index (Phi) is 7.73. The van der Waals surface area contributed by atoms with Gasteiger partial charge in [-0.05, 0) is 41.7 Å². The molecule has 0 radical (unpaired) electrons. The van der Waals surface area contributed by atoms with Crippen LogP contribution < -0.4 is 22.8 Å². The summed E-state index contributed by atoms with van der Waals surface area (Å²) in [7, 11) is 0. The standard InChI is InChI=1S/C21H27N5O3/c1-2-4-17(21(28)29)18(19(22)25-26-24)12-13-5-3-6-16(11-13)14-7-9-15(10-8-14)20(23)27/h3,5-11,17-18,26H,2,4,12,24H2,1H3,(H2,22,25)(H2,23,27)(H,28,29)/t17-,18-/m0/s1. The molecule has 2 rings (SSSR count). The van der Waals surface area contributed by atoms with Crippen molar-refractivity contribution in [2.24, 2.45) is 34.2 Å². The van der Waals surface area contributed by atoms with E-state index in [0.717, 1.165) is 16.7 Å². The van der Waals surface area contributed by atoms with Gasteiger partial charge in [-0.2, -0.15) is 5.10 Å². The lowest BCUT2D eigenvalue weighted by Gasteiger charge is -2.23. The van der Waals surface area contributed by atoms with Crippen LogP contribution in [0.25, 0.3) is 11.1 Å². The van der Waals surface area contributed by atoms with Crippen molar-refractivity contribution in [3.8, 4) is 11.1 Å². The van der Waals surface area contributed by atoms with Crippen molar-refractivity contribution < 1.29 is 14.7 Å². The van der Waals surface area contributed by atoms with E-state index in [0.29, 0.717) is 24.8 Å². The molecular weight excluding hydrogens is 370 g/mol. The summed E-state index contributed by atoms with van der Waals surface area (Å²) >= 11 is 0. The number of aliphatic carboxylic acids is 1. The fourth-order valence-corrected chi connectivity index (χ4v) is 3.38.